The Morgan fingerprint density at radius 3 is 2.36 bits per heavy atom. The molecular formula is C23H17F2N3. The van der Waals surface area contributed by atoms with Crippen LogP contribution in [0.3, 0.4) is 0 Å². The molecule has 0 aliphatic carbocycles. The van der Waals surface area contributed by atoms with Crippen molar-refractivity contribution in [1.29, 1.82) is 0 Å². The van der Waals surface area contributed by atoms with Gasteiger partial charge in [0.1, 0.15) is 17.5 Å². The lowest BCUT2D eigenvalue weighted by molar-refractivity contribution is 0.623. The molecule has 0 saturated heterocycles. The van der Waals surface area contributed by atoms with Gasteiger partial charge in [-0.2, -0.15) is 0 Å². The van der Waals surface area contributed by atoms with Crippen molar-refractivity contribution in [1.82, 2.24) is 14.8 Å². The fourth-order valence-electron chi connectivity index (χ4n) is 3.98. The molecule has 0 bridgehead atoms. The smallest absolute Gasteiger partial charge is 0.168 e. The molecule has 0 fully saturated rings. The molecule has 0 N–H and O–H groups in total. The molecule has 5 rings (SSSR count). The Labute approximate surface area is 161 Å². The number of hydrogen-bond acceptors (Lipinski definition) is 2. The second kappa shape index (κ2) is 6.68. The van der Waals surface area contributed by atoms with Gasteiger partial charge in [-0.1, -0.05) is 48.5 Å². The summed E-state index contributed by atoms with van der Waals surface area (Å²) >= 11 is 0. The molecule has 1 atom stereocenters. The van der Waals surface area contributed by atoms with Crippen molar-refractivity contribution in [3.05, 3.63) is 101 Å². The van der Waals surface area contributed by atoms with Gasteiger partial charge in [-0.15, -0.1) is 10.2 Å². The first-order chi connectivity index (χ1) is 13.7. The predicted molar refractivity (Wildman–Crippen MR) is 103 cm³/mol. The zero-order chi connectivity index (χ0) is 19.1. The van der Waals surface area contributed by atoms with Gasteiger partial charge in [-0.05, 0) is 41.8 Å². The molecule has 28 heavy (non-hydrogen) atoms. The van der Waals surface area contributed by atoms with Crippen LogP contribution in [0, 0.1) is 11.6 Å². The van der Waals surface area contributed by atoms with E-state index in [0.717, 1.165) is 34.6 Å². The molecule has 3 nitrogen and oxygen atoms in total. The molecule has 0 unspecified atom stereocenters. The summed E-state index contributed by atoms with van der Waals surface area (Å²) in [7, 11) is 0. The molecule has 4 aromatic rings. The second-order valence-corrected chi connectivity index (χ2v) is 6.99. The minimum Gasteiger partial charge on any atom is -0.279 e. The van der Waals surface area contributed by atoms with E-state index >= 15 is 0 Å². The summed E-state index contributed by atoms with van der Waals surface area (Å²) in [6.07, 6.45) is 1.48. The minimum atomic E-state index is -0.308. The summed E-state index contributed by atoms with van der Waals surface area (Å²) in [6, 6.07) is 21.2. The number of hydrogen-bond donors (Lipinski definition) is 0. The number of aryl methyl sites for hydroxylation is 1. The van der Waals surface area contributed by atoms with Gasteiger partial charge in [0.25, 0.3) is 0 Å². The van der Waals surface area contributed by atoms with Crippen LogP contribution in [0.5, 0.6) is 0 Å². The number of halogens is 2. The number of aromatic nitrogens is 3. The number of rotatable bonds is 2. The van der Waals surface area contributed by atoms with Crippen molar-refractivity contribution in [3.8, 4) is 17.1 Å². The van der Waals surface area contributed by atoms with E-state index in [4.69, 9.17) is 0 Å². The maximum Gasteiger partial charge on any atom is 0.168 e. The first-order valence-electron chi connectivity index (χ1n) is 9.26. The molecule has 0 amide bonds. The van der Waals surface area contributed by atoms with E-state index in [2.05, 4.69) is 10.2 Å². The third-order valence-corrected chi connectivity index (χ3v) is 5.30. The average Bonchev–Trinajstić information content (AvgIpc) is 3.08. The topological polar surface area (TPSA) is 30.7 Å². The highest BCUT2D eigenvalue weighted by atomic mass is 19.1. The summed E-state index contributed by atoms with van der Waals surface area (Å²) in [4.78, 5) is 0. The molecule has 0 spiro atoms. The van der Waals surface area contributed by atoms with Crippen LogP contribution in [0.4, 0.5) is 8.78 Å². The lowest BCUT2D eigenvalue weighted by Crippen LogP contribution is -2.06. The summed E-state index contributed by atoms with van der Waals surface area (Å²) in [6.45, 7) is 0. The Morgan fingerprint density at radius 2 is 1.57 bits per heavy atom. The van der Waals surface area contributed by atoms with E-state index in [1.807, 2.05) is 41.0 Å². The summed E-state index contributed by atoms with van der Waals surface area (Å²) < 4.78 is 29.6. The molecule has 1 aliphatic rings. The van der Waals surface area contributed by atoms with Crippen molar-refractivity contribution in [2.24, 2.45) is 0 Å². The lowest BCUT2D eigenvalue weighted by atomic mass is 9.87. The van der Waals surface area contributed by atoms with Crippen molar-refractivity contribution in [2.75, 3.05) is 0 Å². The van der Waals surface area contributed by atoms with Crippen molar-refractivity contribution in [2.45, 2.75) is 18.8 Å². The monoisotopic (exact) mass is 373 g/mol. The van der Waals surface area contributed by atoms with Crippen LogP contribution in [0.15, 0.2) is 72.8 Å². The summed E-state index contributed by atoms with van der Waals surface area (Å²) in [5, 5.41) is 8.78. The number of benzene rings is 3. The van der Waals surface area contributed by atoms with Crippen LogP contribution in [-0.2, 0) is 6.42 Å². The van der Waals surface area contributed by atoms with Crippen LogP contribution in [0.25, 0.3) is 17.1 Å². The van der Waals surface area contributed by atoms with Gasteiger partial charge in [-0.25, -0.2) is 8.78 Å². The van der Waals surface area contributed by atoms with E-state index in [0.29, 0.717) is 12.2 Å². The van der Waals surface area contributed by atoms with Gasteiger partial charge in [0.2, 0.25) is 0 Å². The van der Waals surface area contributed by atoms with Gasteiger partial charge in [0.15, 0.2) is 5.82 Å². The standard InChI is InChI=1S/C23H17F2N3/c24-17-8-6-15(7-9-17)19-12-13-22-26-27-23(16-4-2-1-3-5-16)28(22)21-14-18(25)10-11-20(19)21/h1-11,14,19H,12-13H2/t19-/m1/s1. The van der Waals surface area contributed by atoms with Gasteiger partial charge >= 0.3 is 0 Å². The molecule has 0 saturated carbocycles. The SMILES string of the molecule is Fc1ccc([C@H]2CCc3nnc(-c4ccccc4)n3-c3cc(F)ccc32)cc1. The fraction of sp³-hybridized carbons (Fsp3) is 0.130. The van der Waals surface area contributed by atoms with Gasteiger partial charge < -0.3 is 0 Å². The largest absolute Gasteiger partial charge is 0.279 e. The molecule has 0 radical (unpaired) electrons. The van der Waals surface area contributed by atoms with E-state index in [9.17, 15) is 8.78 Å². The molecule has 1 aliphatic heterocycles. The number of fused-ring (bicyclic) bond motifs is 3. The predicted octanol–water partition coefficient (Wildman–Crippen LogP) is 5.29. The fourth-order valence-corrected chi connectivity index (χ4v) is 3.98. The maximum atomic E-state index is 14.2. The summed E-state index contributed by atoms with van der Waals surface area (Å²) in [5.41, 5.74) is 3.67. The Balaban J connectivity index is 1.72. The van der Waals surface area contributed by atoms with Crippen molar-refractivity contribution >= 4 is 0 Å². The minimum absolute atomic E-state index is 0.0292. The zero-order valence-corrected chi connectivity index (χ0v) is 15.0. The quantitative estimate of drug-likeness (QED) is 0.478. The first-order valence-corrected chi connectivity index (χ1v) is 9.26. The molecule has 5 heteroatoms. The molecule has 2 heterocycles. The lowest BCUT2D eigenvalue weighted by Gasteiger charge is -2.19. The zero-order valence-electron chi connectivity index (χ0n) is 15.0. The van der Waals surface area contributed by atoms with Crippen LogP contribution < -0.4 is 0 Å². The van der Waals surface area contributed by atoms with Gasteiger partial charge in [0, 0.05) is 17.9 Å². The highest BCUT2D eigenvalue weighted by Gasteiger charge is 2.27. The number of nitrogens with zero attached hydrogens (tertiary/aromatic N) is 3. The Hall–Kier alpha value is -3.34. The van der Waals surface area contributed by atoms with Crippen LogP contribution >= 0.6 is 0 Å². The van der Waals surface area contributed by atoms with Crippen LogP contribution in [-0.4, -0.2) is 14.8 Å². The Kier molecular flexibility index (Phi) is 4.01. The highest BCUT2D eigenvalue weighted by molar-refractivity contribution is 5.61. The molecule has 138 valence electrons. The van der Waals surface area contributed by atoms with Crippen molar-refractivity contribution in [3.63, 3.8) is 0 Å². The second-order valence-electron chi connectivity index (χ2n) is 6.99. The normalized spacial score (nSPS) is 15.6. The first kappa shape index (κ1) is 16.8. The van der Waals surface area contributed by atoms with Crippen LogP contribution in [0.2, 0.25) is 0 Å². The molecule has 3 aromatic carbocycles. The van der Waals surface area contributed by atoms with E-state index in [1.54, 1.807) is 12.1 Å². The van der Waals surface area contributed by atoms with Gasteiger partial charge in [-0.3, -0.25) is 4.57 Å². The molecular weight excluding hydrogens is 356 g/mol. The highest BCUT2D eigenvalue weighted by Crippen LogP contribution is 2.38. The van der Waals surface area contributed by atoms with Crippen LogP contribution in [0.1, 0.15) is 29.3 Å². The van der Waals surface area contributed by atoms with E-state index in [1.165, 1.54) is 24.3 Å². The van der Waals surface area contributed by atoms with E-state index in [-0.39, 0.29) is 17.6 Å². The maximum absolute atomic E-state index is 14.2. The van der Waals surface area contributed by atoms with Crippen molar-refractivity contribution < 1.29 is 8.78 Å². The van der Waals surface area contributed by atoms with E-state index < -0.39 is 0 Å². The third kappa shape index (κ3) is 2.80. The Morgan fingerprint density at radius 1 is 0.821 bits per heavy atom. The third-order valence-electron chi connectivity index (χ3n) is 5.30. The average molecular weight is 373 g/mol. The summed E-state index contributed by atoms with van der Waals surface area (Å²) in [5.74, 6) is 0.955. The van der Waals surface area contributed by atoms with Gasteiger partial charge in [0.05, 0.1) is 5.69 Å². The Bertz CT molecular complexity index is 1130. The molecule has 1 aromatic heterocycles.